The molecule has 2 atom stereocenters. The first kappa shape index (κ1) is 18.8. The summed E-state index contributed by atoms with van der Waals surface area (Å²) in [7, 11) is 3.33. The molecule has 0 spiro atoms. The highest BCUT2D eigenvalue weighted by molar-refractivity contribution is 6.30. The van der Waals surface area contributed by atoms with Crippen LogP contribution in [0.3, 0.4) is 0 Å². The number of benzene rings is 3. The Labute approximate surface area is 180 Å². The number of para-hydroxylation sites is 1. The van der Waals surface area contributed by atoms with Gasteiger partial charge in [-0.15, -0.1) is 0 Å². The number of ether oxygens (including phenoxy) is 3. The van der Waals surface area contributed by atoms with E-state index in [2.05, 4.69) is 6.07 Å². The highest BCUT2D eigenvalue weighted by Gasteiger charge is 2.42. The van der Waals surface area contributed by atoms with E-state index in [9.17, 15) is 0 Å². The minimum atomic E-state index is -0.369. The predicted molar refractivity (Wildman–Crippen MR) is 117 cm³/mol. The zero-order valence-electron chi connectivity index (χ0n) is 16.7. The fraction of sp³-hybridized carbons (Fsp3) is 0.208. The first-order valence-electron chi connectivity index (χ1n) is 9.77. The Morgan fingerprint density at radius 2 is 1.73 bits per heavy atom. The molecule has 0 unspecified atom stereocenters. The molecule has 152 valence electrons. The summed E-state index contributed by atoms with van der Waals surface area (Å²) in [5, 5.41) is 7.71. The average Bonchev–Trinajstić information content (AvgIpc) is 3.24. The van der Waals surface area contributed by atoms with E-state index in [1.54, 1.807) is 14.2 Å². The van der Waals surface area contributed by atoms with Crippen LogP contribution in [0.2, 0.25) is 5.02 Å². The van der Waals surface area contributed by atoms with Gasteiger partial charge in [0.25, 0.3) is 0 Å². The first-order chi connectivity index (χ1) is 14.7. The van der Waals surface area contributed by atoms with Crippen molar-refractivity contribution in [2.75, 3.05) is 14.2 Å². The lowest BCUT2D eigenvalue weighted by atomic mass is 9.95. The third-order valence-electron chi connectivity index (χ3n) is 5.58. The molecule has 2 aliphatic rings. The number of fused-ring (bicyclic) bond motifs is 3. The fourth-order valence-electron chi connectivity index (χ4n) is 4.05. The lowest BCUT2D eigenvalue weighted by Crippen LogP contribution is -2.33. The maximum atomic E-state index is 6.45. The summed E-state index contributed by atoms with van der Waals surface area (Å²) in [4.78, 5) is 0. The molecule has 6 heteroatoms. The second-order valence-corrected chi connectivity index (χ2v) is 7.71. The standard InChI is InChI=1S/C24H21ClN2O3/c1-28-18-12-8-15(9-13-18)20-14-21-19-4-3-5-22(29-2)23(19)30-24(27(21)26-20)16-6-10-17(25)11-7-16/h3-13,21,24H,14H2,1-2H3/t21-,24+/m0/s1. The molecule has 0 amide bonds. The second-order valence-electron chi connectivity index (χ2n) is 7.28. The van der Waals surface area contributed by atoms with Gasteiger partial charge < -0.3 is 14.2 Å². The summed E-state index contributed by atoms with van der Waals surface area (Å²) in [6.45, 7) is 0. The number of hydrogen-bond donors (Lipinski definition) is 0. The monoisotopic (exact) mass is 420 g/mol. The van der Waals surface area contributed by atoms with Crippen LogP contribution in [0.15, 0.2) is 71.8 Å². The minimum Gasteiger partial charge on any atom is -0.497 e. The van der Waals surface area contributed by atoms with Crippen LogP contribution < -0.4 is 14.2 Å². The summed E-state index contributed by atoms with van der Waals surface area (Å²) in [6.07, 6.45) is 0.409. The van der Waals surface area contributed by atoms with Crippen molar-refractivity contribution < 1.29 is 14.2 Å². The molecule has 5 nitrogen and oxygen atoms in total. The molecule has 2 aliphatic heterocycles. The van der Waals surface area contributed by atoms with Gasteiger partial charge in [-0.05, 0) is 48.0 Å². The van der Waals surface area contributed by atoms with Gasteiger partial charge in [-0.3, -0.25) is 0 Å². The van der Waals surface area contributed by atoms with Gasteiger partial charge in [0, 0.05) is 22.6 Å². The zero-order valence-corrected chi connectivity index (χ0v) is 17.5. The van der Waals surface area contributed by atoms with Gasteiger partial charge in [-0.2, -0.15) is 5.10 Å². The van der Waals surface area contributed by atoms with Gasteiger partial charge in [-0.1, -0.05) is 35.9 Å². The number of hydrazone groups is 1. The van der Waals surface area contributed by atoms with Crippen molar-refractivity contribution in [1.29, 1.82) is 0 Å². The van der Waals surface area contributed by atoms with Crippen LogP contribution in [0, 0.1) is 0 Å². The van der Waals surface area contributed by atoms with Gasteiger partial charge in [0.2, 0.25) is 6.23 Å². The van der Waals surface area contributed by atoms with Gasteiger partial charge in [0.05, 0.1) is 26.0 Å². The van der Waals surface area contributed by atoms with Crippen LogP contribution in [-0.2, 0) is 0 Å². The van der Waals surface area contributed by atoms with E-state index in [-0.39, 0.29) is 12.3 Å². The third kappa shape index (κ3) is 3.15. The van der Waals surface area contributed by atoms with Crippen LogP contribution in [0.1, 0.15) is 35.4 Å². The van der Waals surface area contributed by atoms with Gasteiger partial charge in [0.15, 0.2) is 11.5 Å². The minimum absolute atomic E-state index is 0.0571. The molecule has 0 aliphatic carbocycles. The quantitative estimate of drug-likeness (QED) is 0.551. The van der Waals surface area contributed by atoms with Crippen molar-refractivity contribution in [1.82, 2.24) is 5.01 Å². The number of halogens is 1. The highest BCUT2D eigenvalue weighted by atomic mass is 35.5. The van der Waals surface area contributed by atoms with E-state index in [1.807, 2.05) is 65.7 Å². The number of rotatable bonds is 4. The summed E-state index contributed by atoms with van der Waals surface area (Å²) in [6, 6.07) is 21.8. The number of hydrogen-bond acceptors (Lipinski definition) is 5. The Bertz CT molecular complexity index is 1100. The smallest absolute Gasteiger partial charge is 0.214 e. The highest BCUT2D eigenvalue weighted by Crippen LogP contribution is 2.50. The Balaban J connectivity index is 1.59. The van der Waals surface area contributed by atoms with Gasteiger partial charge >= 0.3 is 0 Å². The van der Waals surface area contributed by atoms with Crippen molar-refractivity contribution in [3.63, 3.8) is 0 Å². The molecular weight excluding hydrogens is 400 g/mol. The lowest BCUT2D eigenvalue weighted by molar-refractivity contribution is -0.0208. The molecule has 0 saturated heterocycles. The van der Waals surface area contributed by atoms with E-state index in [4.69, 9.17) is 30.9 Å². The molecule has 30 heavy (non-hydrogen) atoms. The van der Waals surface area contributed by atoms with Crippen molar-refractivity contribution in [2.24, 2.45) is 5.10 Å². The van der Waals surface area contributed by atoms with Crippen LogP contribution in [-0.4, -0.2) is 24.9 Å². The van der Waals surface area contributed by atoms with Crippen molar-refractivity contribution in [3.05, 3.63) is 88.4 Å². The molecule has 5 rings (SSSR count). The molecule has 0 N–H and O–H groups in total. The first-order valence-corrected chi connectivity index (χ1v) is 10.1. The molecular formula is C24H21ClN2O3. The van der Waals surface area contributed by atoms with Crippen LogP contribution in [0.5, 0.6) is 17.2 Å². The van der Waals surface area contributed by atoms with Crippen molar-refractivity contribution in [2.45, 2.75) is 18.7 Å². The van der Waals surface area contributed by atoms with Gasteiger partial charge in [0.1, 0.15) is 5.75 Å². The molecule has 0 saturated carbocycles. The van der Waals surface area contributed by atoms with Crippen molar-refractivity contribution >= 4 is 17.3 Å². The molecule has 2 heterocycles. The Kier molecular flexibility index (Phi) is 4.75. The fourth-order valence-corrected chi connectivity index (χ4v) is 4.18. The van der Waals surface area contributed by atoms with E-state index in [0.717, 1.165) is 46.1 Å². The maximum absolute atomic E-state index is 6.45. The van der Waals surface area contributed by atoms with E-state index in [1.165, 1.54) is 0 Å². The number of nitrogens with zero attached hydrogens (tertiary/aromatic N) is 2. The lowest BCUT2D eigenvalue weighted by Gasteiger charge is -2.38. The Morgan fingerprint density at radius 3 is 2.43 bits per heavy atom. The van der Waals surface area contributed by atoms with E-state index >= 15 is 0 Å². The molecule has 0 bridgehead atoms. The molecule has 0 fully saturated rings. The van der Waals surface area contributed by atoms with E-state index < -0.39 is 0 Å². The normalized spacial score (nSPS) is 19.4. The van der Waals surface area contributed by atoms with Gasteiger partial charge in [-0.25, -0.2) is 5.01 Å². The summed E-state index contributed by atoms with van der Waals surface area (Å²) in [5.41, 5.74) is 4.15. The average molecular weight is 421 g/mol. The van der Waals surface area contributed by atoms with Crippen molar-refractivity contribution in [3.8, 4) is 17.2 Å². The SMILES string of the molecule is COc1ccc(C2=NN3[C@@H](c4ccc(Cl)cc4)Oc4c(OC)cccc4[C@@H]3C2)cc1. The van der Waals surface area contributed by atoms with Crippen LogP contribution >= 0.6 is 11.6 Å². The Morgan fingerprint density at radius 1 is 0.967 bits per heavy atom. The molecule has 0 radical (unpaired) electrons. The summed E-state index contributed by atoms with van der Waals surface area (Å²) >= 11 is 6.11. The second kappa shape index (κ2) is 7.58. The molecule has 3 aromatic rings. The van der Waals surface area contributed by atoms with Crippen LogP contribution in [0.25, 0.3) is 0 Å². The molecule has 0 aromatic heterocycles. The summed E-state index contributed by atoms with van der Waals surface area (Å²) in [5.74, 6) is 2.32. The largest absolute Gasteiger partial charge is 0.497 e. The third-order valence-corrected chi connectivity index (χ3v) is 5.83. The zero-order chi connectivity index (χ0) is 20.7. The number of methoxy groups -OCH3 is 2. The topological polar surface area (TPSA) is 43.3 Å². The van der Waals surface area contributed by atoms with E-state index in [0.29, 0.717) is 5.02 Å². The summed E-state index contributed by atoms with van der Waals surface area (Å²) < 4.78 is 17.3. The maximum Gasteiger partial charge on any atom is 0.214 e. The molecule has 3 aromatic carbocycles. The Hall–Kier alpha value is -3.18. The van der Waals surface area contributed by atoms with Crippen LogP contribution in [0.4, 0.5) is 0 Å². The predicted octanol–water partition coefficient (Wildman–Crippen LogP) is 5.60.